The second kappa shape index (κ2) is 18.6. The van der Waals surface area contributed by atoms with E-state index in [0.29, 0.717) is 24.2 Å². The summed E-state index contributed by atoms with van der Waals surface area (Å²) in [5, 5.41) is 17.9. The number of halogens is 3. The SMILES string of the molecule is CC(C)(C)C(c1cc(-c2cc(F)ccc2F)cn1Cc1ccccc1)N(CCC(N)C(=O)NCCCNC(=O)CNC(=O)CBr)C(=O)CO. The number of amides is 4. The van der Waals surface area contributed by atoms with E-state index in [1.807, 2.05) is 55.7 Å². The van der Waals surface area contributed by atoms with Crippen LogP contribution in [0.5, 0.6) is 0 Å². The maximum Gasteiger partial charge on any atom is 0.248 e. The molecular weight excluding hydrogens is 702 g/mol. The molecule has 14 heteroatoms. The van der Waals surface area contributed by atoms with Crippen molar-refractivity contribution in [3.63, 3.8) is 0 Å². The zero-order valence-corrected chi connectivity index (χ0v) is 29.6. The number of aliphatic hydroxyl groups is 1. The summed E-state index contributed by atoms with van der Waals surface area (Å²) in [6, 6.07) is 12.9. The molecule has 0 aliphatic heterocycles. The van der Waals surface area contributed by atoms with Crippen LogP contribution in [0, 0.1) is 17.0 Å². The minimum absolute atomic E-state index is 0.0201. The lowest BCUT2D eigenvalue weighted by atomic mass is 9.82. The van der Waals surface area contributed by atoms with E-state index >= 15 is 0 Å². The Morgan fingerprint density at radius 1 is 0.980 bits per heavy atom. The summed E-state index contributed by atoms with van der Waals surface area (Å²) in [5.74, 6) is -2.89. The van der Waals surface area contributed by atoms with Crippen LogP contribution in [0.25, 0.3) is 11.1 Å². The average molecular weight is 748 g/mol. The number of alkyl halides is 1. The number of hydrogen-bond acceptors (Lipinski definition) is 6. The minimum Gasteiger partial charge on any atom is -0.387 e. The monoisotopic (exact) mass is 746 g/mol. The molecule has 2 atom stereocenters. The van der Waals surface area contributed by atoms with E-state index in [0.717, 1.165) is 23.8 Å². The number of hydrogen-bond donors (Lipinski definition) is 5. The summed E-state index contributed by atoms with van der Waals surface area (Å²) in [5.41, 5.74) is 7.67. The van der Waals surface area contributed by atoms with Crippen LogP contribution in [0.4, 0.5) is 8.78 Å². The molecular formula is C35H45BrF2N6O5. The van der Waals surface area contributed by atoms with Crippen molar-refractivity contribution in [3.8, 4) is 11.1 Å². The molecule has 0 fully saturated rings. The van der Waals surface area contributed by atoms with E-state index in [4.69, 9.17) is 5.73 Å². The molecule has 1 heterocycles. The van der Waals surface area contributed by atoms with Gasteiger partial charge in [0.15, 0.2) is 0 Å². The molecule has 49 heavy (non-hydrogen) atoms. The predicted molar refractivity (Wildman–Crippen MR) is 186 cm³/mol. The maximum absolute atomic E-state index is 15.0. The summed E-state index contributed by atoms with van der Waals surface area (Å²) in [7, 11) is 0. The number of rotatable bonds is 17. The number of aromatic nitrogens is 1. The lowest BCUT2D eigenvalue weighted by Crippen LogP contribution is -2.47. The van der Waals surface area contributed by atoms with Crippen LogP contribution in [-0.4, -0.2) is 82.4 Å². The van der Waals surface area contributed by atoms with Gasteiger partial charge < -0.3 is 36.3 Å². The second-order valence-electron chi connectivity index (χ2n) is 12.7. The predicted octanol–water partition coefficient (Wildman–Crippen LogP) is 3.24. The molecule has 3 rings (SSSR count). The van der Waals surface area contributed by atoms with Gasteiger partial charge in [-0.15, -0.1) is 0 Å². The molecule has 11 nitrogen and oxygen atoms in total. The number of nitrogens with one attached hydrogen (secondary N) is 3. The van der Waals surface area contributed by atoms with Gasteiger partial charge in [0.2, 0.25) is 23.6 Å². The number of benzene rings is 2. The number of carbonyl (C=O) groups excluding carboxylic acids is 4. The van der Waals surface area contributed by atoms with Crippen LogP contribution in [0.1, 0.15) is 50.9 Å². The van der Waals surface area contributed by atoms with Crippen LogP contribution < -0.4 is 21.7 Å². The summed E-state index contributed by atoms with van der Waals surface area (Å²) < 4.78 is 31.1. The van der Waals surface area contributed by atoms with Gasteiger partial charge in [-0.1, -0.05) is 67.0 Å². The van der Waals surface area contributed by atoms with Gasteiger partial charge in [-0.3, -0.25) is 19.2 Å². The van der Waals surface area contributed by atoms with Crippen molar-refractivity contribution in [3.05, 3.63) is 83.7 Å². The van der Waals surface area contributed by atoms with Crippen LogP contribution in [0.3, 0.4) is 0 Å². The van der Waals surface area contributed by atoms with Gasteiger partial charge in [-0.05, 0) is 48.1 Å². The smallest absolute Gasteiger partial charge is 0.248 e. The highest BCUT2D eigenvalue weighted by Crippen LogP contribution is 2.41. The minimum atomic E-state index is -0.989. The van der Waals surface area contributed by atoms with Gasteiger partial charge in [0, 0.05) is 49.2 Å². The first-order valence-corrected chi connectivity index (χ1v) is 17.1. The van der Waals surface area contributed by atoms with Crippen LogP contribution in [0.15, 0.2) is 60.8 Å². The molecule has 0 saturated heterocycles. The molecule has 0 aliphatic carbocycles. The Balaban J connectivity index is 1.79. The Labute approximate surface area is 293 Å². The summed E-state index contributed by atoms with van der Waals surface area (Å²) in [6.45, 7) is 5.74. The first kappa shape index (κ1) is 39.3. The second-order valence-corrected chi connectivity index (χ2v) is 13.3. The van der Waals surface area contributed by atoms with Crippen molar-refractivity contribution in [2.45, 2.75) is 52.2 Å². The van der Waals surface area contributed by atoms with Crippen molar-refractivity contribution < 1.29 is 33.1 Å². The standard InChI is InChI=1S/C35H45BrF2N6O5/c1-35(2,3)33(29-16-24(26-17-25(37)10-11-27(26)38)21-43(29)20-23-8-5-4-6-9-23)44(32(48)22-45)15-12-28(39)34(49)41-14-7-13-40-31(47)19-42-30(46)18-36/h4-6,8-11,16-17,21,28,33,45H,7,12-15,18-20,22,39H2,1-3H3,(H,40,47)(H,41,49)(H,42,46). The van der Waals surface area contributed by atoms with Crippen LogP contribution in [-0.2, 0) is 25.7 Å². The third kappa shape index (κ3) is 11.8. The van der Waals surface area contributed by atoms with E-state index in [1.54, 1.807) is 12.3 Å². The van der Waals surface area contributed by atoms with Gasteiger partial charge in [0.25, 0.3) is 0 Å². The Hall–Kier alpha value is -4.14. The first-order chi connectivity index (χ1) is 23.2. The topological polar surface area (TPSA) is 159 Å². The lowest BCUT2D eigenvalue weighted by molar-refractivity contribution is -0.140. The molecule has 2 unspecified atom stereocenters. The summed E-state index contributed by atoms with van der Waals surface area (Å²) in [4.78, 5) is 50.7. The highest BCUT2D eigenvalue weighted by atomic mass is 79.9. The highest BCUT2D eigenvalue weighted by Gasteiger charge is 2.37. The summed E-state index contributed by atoms with van der Waals surface area (Å²) in [6.07, 6.45) is 2.21. The van der Waals surface area contributed by atoms with E-state index in [1.165, 1.54) is 4.90 Å². The molecule has 3 aromatic rings. The van der Waals surface area contributed by atoms with Gasteiger partial charge in [-0.2, -0.15) is 0 Å². The van der Waals surface area contributed by atoms with Crippen LogP contribution >= 0.6 is 15.9 Å². The molecule has 4 amide bonds. The fraction of sp³-hybridized carbons (Fsp3) is 0.429. The number of nitrogens with two attached hydrogens (primary N) is 1. The summed E-state index contributed by atoms with van der Waals surface area (Å²) >= 11 is 3.00. The molecule has 2 aromatic carbocycles. The maximum atomic E-state index is 15.0. The first-order valence-electron chi connectivity index (χ1n) is 16.0. The van der Waals surface area contributed by atoms with E-state index < -0.39 is 47.6 Å². The van der Waals surface area contributed by atoms with Crippen molar-refractivity contribution in [2.75, 3.05) is 38.1 Å². The molecule has 1 aromatic heterocycles. The average Bonchev–Trinajstić information content (AvgIpc) is 3.47. The lowest BCUT2D eigenvalue weighted by Gasteiger charge is -2.41. The van der Waals surface area contributed by atoms with Crippen molar-refractivity contribution in [1.82, 2.24) is 25.4 Å². The van der Waals surface area contributed by atoms with Gasteiger partial charge in [0.1, 0.15) is 18.2 Å². The highest BCUT2D eigenvalue weighted by molar-refractivity contribution is 9.09. The Morgan fingerprint density at radius 3 is 2.33 bits per heavy atom. The normalized spacial score (nSPS) is 12.6. The van der Waals surface area contributed by atoms with E-state index in [-0.39, 0.29) is 55.3 Å². The van der Waals surface area contributed by atoms with E-state index in [2.05, 4.69) is 31.9 Å². The Bertz CT molecular complexity index is 1580. The van der Waals surface area contributed by atoms with Crippen molar-refractivity contribution in [2.24, 2.45) is 11.1 Å². The number of aliphatic hydroxyl groups excluding tert-OH is 1. The third-order valence-corrected chi connectivity index (χ3v) is 8.30. The van der Waals surface area contributed by atoms with Gasteiger partial charge in [0.05, 0.1) is 24.0 Å². The number of nitrogens with zero attached hydrogens (tertiary/aromatic N) is 2. The third-order valence-electron chi connectivity index (χ3n) is 7.79. The Kier molecular flexibility index (Phi) is 14.9. The molecule has 0 saturated carbocycles. The molecule has 6 N–H and O–H groups in total. The van der Waals surface area contributed by atoms with Crippen LogP contribution in [0.2, 0.25) is 0 Å². The fourth-order valence-corrected chi connectivity index (χ4v) is 5.66. The zero-order chi connectivity index (χ0) is 36.1. The molecule has 0 bridgehead atoms. The van der Waals surface area contributed by atoms with Gasteiger partial charge >= 0.3 is 0 Å². The number of carbonyl (C=O) groups is 4. The quantitative estimate of drug-likeness (QED) is 0.105. The largest absolute Gasteiger partial charge is 0.387 e. The molecule has 0 radical (unpaired) electrons. The Morgan fingerprint density at radius 2 is 1.67 bits per heavy atom. The molecule has 0 spiro atoms. The van der Waals surface area contributed by atoms with Gasteiger partial charge in [-0.25, -0.2) is 8.78 Å². The molecule has 266 valence electrons. The molecule has 0 aliphatic rings. The zero-order valence-electron chi connectivity index (χ0n) is 28.0. The van der Waals surface area contributed by atoms with Crippen molar-refractivity contribution in [1.29, 1.82) is 0 Å². The fourth-order valence-electron chi connectivity index (χ4n) is 5.46. The van der Waals surface area contributed by atoms with E-state index in [9.17, 15) is 33.1 Å². The van der Waals surface area contributed by atoms with Crippen molar-refractivity contribution >= 4 is 39.6 Å².